The summed E-state index contributed by atoms with van der Waals surface area (Å²) < 4.78 is 0. The smallest absolute Gasteiger partial charge is 0.309 e. The molecule has 0 fully saturated rings. The Morgan fingerprint density at radius 2 is 1.75 bits per heavy atom. The molecule has 0 aromatic carbocycles. The van der Waals surface area contributed by atoms with E-state index in [0.29, 0.717) is 12.3 Å². The molecule has 0 spiro atoms. The summed E-state index contributed by atoms with van der Waals surface area (Å²) in [6.45, 7) is 7.93. The molecule has 0 heterocycles. The molecule has 2 nitrogen and oxygen atoms in total. The molecule has 1 unspecified atom stereocenters. The fourth-order valence-corrected chi connectivity index (χ4v) is 1.80. The first-order valence-corrected chi connectivity index (χ1v) is 4.76. The first-order chi connectivity index (χ1) is 5.52. The zero-order chi connectivity index (χ0) is 9.78. The average Bonchev–Trinajstić information content (AvgIpc) is 2.05. The molecule has 1 N–H and O–H groups in total. The molecule has 1 atom stereocenters. The van der Waals surface area contributed by atoms with Gasteiger partial charge in [-0.25, -0.2) is 0 Å². The van der Waals surface area contributed by atoms with Crippen LogP contribution in [0.5, 0.6) is 0 Å². The van der Waals surface area contributed by atoms with Crippen LogP contribution in [-0.4, -0.2) is 11.1 Å². The molecule has 0 aromatic heterocycles. The predicted octanol–water partition coefficient (Wildman–Crippen LogP) is 2.92. The highest BCUT2D eigenvalue weighted by Gasteiger charge is 2.37. The van der Waals surface area contributed by atoms with Gasteiger partial charge in [-0.1, -0.05) is 33.6 Å². The van der Waals surface area contributed by atoms with E-state index in [2.05, 4.69) is 13.8 Å². The molecule has 0 rings (SSSR count). The minimum atomic E-state index is -0.654. The summed E-state index contributed by atoms with van der Waals surface area (Å²) >= 11 is 0. The molecule has 0 bridgehead atoms. The highest BCUT2D eigenvalue weighted by molar-refractivity contribution is 5.74. The van der Waals surface area contributed by atoms with Crippen molar-refractivity contribution in [2.24, 2.45) is 11.3 Å². The summed E-state index contributed by atoms with van der Waals surface area (Å²) in [6, 6.07) is 0. The fraction of sp³-hybridized carbons (Fsp3) is 0.900. The summed E-state index contributed by atoms with van der Waals surface area (Å²) in [4.78, 5) is 11.0. The number of rotatable bonds is 5. The van der Waals surface area contributed by atoms with Gasteiger partial charge in [0.2, 0.25) is 0 Å². The first kappa shape index (κ1) is 11.5. The maximum Gasteiger partial charge on any atom is 0.309 e. The van der Waals surface area contributed by atoms with Crippen molar-refractivity contribution in [3.05, 3.63) is 0 Å². The number of hydrogen-bond acceptors (Lipinski definition) is 1. The molecule has 0 aromatic rings. The quantitative estimate of drug-likeness (QED) is 0.692. The van der Waals surface area contributed by atoms with Gasteiger partial charge in [-0.3, -0.25) is 4.79 Å². The molecular weight excluding hydrogens is 152 g/mol. The van der Waals surface area contributed by atoms with Crippen LogP contribution in [0.1, 0.15) is 47.0 Å². The minimum Gasteiger partial charge on any atom is -0.481 e. The van der Waals surface area contributed by atoms with E-state index in [1.807, 2.05) is 13.8 Å². The Kier molecular flexibility index (Phi) is 4.29. The lowest BCUT2D eigenvalue weighted by molar-refractivity contribution is -0.151. The molecule has 0 aliphatic carbocycles. The van der Waals surface area contributed by atoms with Crippen LogP contribution in [0, 0.1) is 11.3 Å². The molecule has 2 heteroatoms. The van der Waals surface area contributed by atoms with Crippen LogP contribution in [0.3, 0.4) is 0 Å². The molecule has 0 aliphatic rings. The van der Waals surface area contributed by atoms with Gasteiger partial charge in [0.25, 0.3) is 0 Å². The second-order valence-corrected chi connectivity index (χ2v) is 3.59. The SMILES string of the molecule is CCC(CC)C(C)(CC)C(=O)O. The minimum absolute atomic E-state index is 0.306. The Hall–Kier alpha value is -0.530. The molecule has 0 saturated heterocycles. The van der Waals surface area contributed by atoms with Crippen molar-refractivity contribution in [3.63, 3.8) is 0 Å². The Morgan fingerprint density at radius 3 is 1.83 bits per heavy atom. The number of carboxylic acids is 1. The summed E-state index contributed by atoms with van der Waals surface area (Å²) in [5.74, 6) is -0.348. The van der Waals surface area contributed by atoms with Crippen LogP contribution in [-0.2, 0) is 4.79 Å². The van der Waals surface area contributed by atoms with Gasteiger partial charge in [0.05, 0.1) is 5.41 Å². The van der Waals surface area contributed by atoms with Crippen molar-refractivity contribution in [2.45, 2.75) is 47.0 Å². The van der Waals surface area contributed by atoms with E-state index in [-0.39, 0.29) is 0 Å². The molecule has 72 valence electrons. The lowest BCUT2D eigenvalue weighted by Gasteiger charge is -2.31. The van der Waals surface area contributed by atoms with Gasteiger partial charge in [0, 0.05) is 0 Å². The van der Waals surface area contributed by atoms with E-state index in [1.54, 1.807) is 0 Å². The standard InChI is InChI=1S/C10H20O2/c1-5-8(6-2)10(4,7-3)9(11)12/h8H,5-7H2,1-4H3,(H,11,12). The van der Waals surface area contributed by atoms with Crippen molar-refractivity contribution >= 4 is 5.97 Å². The van der Waals surface area contributed by atoms with Crippen molar-refractivity contribution in [3.8, 4) is 0 Å². The highest BCUT2D eigenvalue weighted by Crippen LogP contribution is 2.35. The van der Waals surface area contributed by atoms with Gasteiger partial charge < -0.3 is 5.11 Å². The van der Waals surface area contributed by atoms with Crippen LogP contribution < -0.4 is 0 Å². The third kappa shape index (κ3) is 1.99. The summed E-state index contributed by atoms with van der Waals surface area (Å²) in [5.41, 5.74) is -0.524. The van der Waals surface area contributed by atoms with Gasteiger partial charge in [-0.15, -0.1) is 0 Å². The van der Waals surface area contributed by atoms with Crippen LogP contribution in [0.15, 0.2) is 0 Å². The Balaban J connectivity index is 4.58. The average molecular weight is 172 g/mol. The second kappa shape index (κ2) is 4.48. The summed E-state index contributed by atoms with van der Waals surface area (Å²) in [6.07, 6.45) is 2.62. The van der Waals surface area contributed by atoms with E-state index in [4.69, 9.17) is 5.11 Å². The number of carboxylic acid groups (broad SMARTS) is 1. The van der Waals surface area contributed by atoms with Gasteiger partial charge in [-0.05, 0) is 19.3 Å². The van der Waals surface area contributed by atoms with Gasteiger partial charge in [-0.2, -0.15) is 0 Å². The number of aliphatic carboxylic acids is 1. The van der Waals surface area contributed by atoms with E-state index in [9.17, 15) is 4.79 Å². The van der Waals surface area contributed by atoms with Gasteiger partial charge in [0.1, 0.15) is 0 Å². The van der Waals surface area contributed by atoms with Crippen molar-refractivity contribution in [1.29, 1.82) is 0 Å². The van der Waals surface area contributed by atoms with Crippen molar-refractivity contribution in [1.82, 2.24) is 0 Å². The Labute approximate surface area is 75.0 Å². The van der Waals surface area contributed by atoms with E-state index in [0.717, 1.165) is 12.8 Å². The second-order valence-electron chi connectivity index (χ2n) is 3.59. The largest absolute Gasteiger partial charge is 0.481 e. The van der Waals surface area contributed by atoms with Crippen molar-refractivity contribution < 1.29 is 9.90 Å². The predicted molar refractivity (Wildman–Crippen MR) is 50.1 cm³/mol. The van der Waals surface area contributed by atoms with Gasteiger partial charge >= 0.3 is 5.97 Å². The molecule has 0 aliphatic heterocycles. The van der Waals surface area contributed by atoms with E-state index < -0.39 is 11.4 Å². The Morgan fingerprint density at radius 1 is 1.33 bits per heavy atom. The third-order valence-corrected chi connectivity index (χ3v) is 3.11. The Bertz CT molecular complexity index is 150. The van der Waals surface area contributed by atoms with Crippen LogP contribution in [0.2, 0.25) is 0 Å². The first-order valence-electron chi connectivity index (χ1n) is 4.76. The lowest BCUT2D eigenvalue weighted by atomic mass is 9.72. The monoisotopic (exact) mass is 172 g/mol. The zero-order valence-electron chi connectivity index (χ0n) is 8.55. The molecule has 0 saturated carbocycles. The molecule has 0 radical (unpaired) electrons. The molecule has 12 heavy (non-hydrogen) atoms. The lowest BCUT2D eigenvalue weighted by Crippen LogP contribution is -2.34. The van der Waals surface area contributed by atoms with E-state index in [1.165, 1.54) is 0 Å². The van der Waals surface area contributed by atoms with Crippen LogP contribution in [0.4, 0.5) is 0 Å². The molecular formula is C10H20O2. The summed E-state index contributed by atoms with van der Waals surface area (Å²) in [5, 5.41) is 9.07. The third-order valence-electron chi connectivity index (χ3n) is 3.11. The number of carbonyl (C=O) groups is 1. The normalized spacial score (nSPS) is 16.1. The van der Waals surface area contributed by atoms with Crippen LogP contribution >= 0.6 is 0 Å². The number of hydrogen-bond donors (Lipinski definition) is 1. The van der Waals surface area contributed by atoms with Crippen LogP contribution in [0.25, 0.3) is 0 Å². The fourth-order valence-electron chi connectivity index (χ4n) is 1.80. The topological polar surface area (TPSA) is 37.3 Å². The zero-order valence-corrected chi connectivity index (χ0v) is 8.55. The van der Waals surface area contributed by atoms with E-state index >= 15 is 0 Å². The maximum absolute atomic E-state index is 11.0. The maximum atomic E-state index is 11.0. The molecule has 0 amide bonds. The van der Waals surface area contributed by atoms with Gasteiger partial charge in [0.15, 0.2) is 0 Å². The highest BCUT2D eigenvalue weighted by atomic mass is 16.4. The summed E-state index contributed by atoms with van der Waals surface area (Å²) in [7, 11) is 0. The van der Waals surface area contributed by atoms with Crippen molar-refractivity contribution in [2.75, 3.05) is 0 Å².